The van der Waals surface area contributed by atoms with Crippen LogP contribution in [0.3, 0.4) is 0 Å². The largest absolute Gasteiger partial charge is 0.350 e. The number of fused-ring (bicyclic) bond motifs is 1. The highest BCUT2D eigenvalue weighted by Crippen LogP contribution is 2.28. The van der Waals surface area contributed by atoms with Gasteiger partial charge in [0.05, 0.1) is 0 Å². The van der Waals surface area contributed by atoms with Crippen molar-refractivity contribution in [2.45, 2.75) is 50.2 Å². The number of nitrogens with one attached hydrogen (secondary N) is 1. The maximum absolute atomic E-state index is 12.6. The molecule has 4 nitrogen and oxygen atoms in total. The van der Waals surface area contributed by atoms with Crippen molar-refractivity contribution in [3.63, 3.8) is 0 Å². The monoisotopic (exact) mass is 359 g/mol. The Hall–Kier alpha value is -0.810. The fourth-order valence-electron chi connectivity index (χ4n) is 3.65. The first-order chi connectivity index (χ1) is 10.1. The Bertz CT molecular complexity index is 510. The predicted octanol–water partition coefficient (Wildman–Crippen LogP) is 2.45. The van der Waals surface area contributed by atoms with Gasteiger partial charge in [0.1, 0.15) is 5.54 Å². The van der Waals surface area contributed by atoms with E-state index in [4.69, 9.17) is 5.73 Å². The molecule has 0 saturated carbocycles. The van der Waals surface area contributed by atoms with Gasteiger partial charge < -0.3 is 11.1 Å². The number of hydrogen-bond acceptors (Lipinski definition) is 3. The van der Waals surface area contributed by atoms with E-state index in [1.807, 2.05) is 30.3 Å². The molecule has 1 aromatic carbocycles. The summed E-state index contributed by atoms with van der Waals surface area (Å²) in [6.07, 6.45) is 4.79. The Kier molecular flexibility index (Phi) is 7.33. The van der Waals surface area contributed by atoms with Crippen molar-refractivity contribution in [1.29, 1.82) is 0 Å². The van der Waals surface area contributed by atoms with Crippen LogP contribution in [0.4, 0.5) is 0 Å². The van der Waals surface area contributed by atoms with Gasteiger partial charge in [-0.1, -0.05) is 36.8 Å². The molecule has 2 heterocycles. The topological polar surface area (TPSA) is 58.4 Å². The van der Waals surface area contributed by atoms with Gasteiger partial charge in [0.15, 0.2) is 0 Å². The summed E-state index contributed by atoms with van der Waals surface area (Å²) in [4.78, 5) is 15.2. The van der Waals surface area contributed by atoms with Crippen molar-refractivity contribution in [3.05, 3.63) is 35.9 Å². The molecule has 0 aliphatic carbocycles. The fourth-order valence-corrected chi connectivity index (χ4v) is 3.65. The molecule has 2 aliphatic rings. The van der Waals surface area contributed by atoms with Crippen molar-refractivity contribution in [3.8, 4) is 0 Å². The molecule has 0 spiro atoms. The lowest BCUT2D eigenvalue weighted by Gasteiger charge is -2.34. The van der Waals surface area contributed by atoms with E-state index in [0.29, 0.717) is 6.04 Å². The minimum atomic E-state index is -0.969. The molecule has 1 aromatic rings. The van der Waals surface area contributed by atoms with E-state index in [0.717, 1.165) is 18.5 Å². The third-order valence-electron chi connectivity index (χ3n) is 5.02. The van der Waals surface area contributed by atoms with Crippen molar-refractivity contribution in [1.82, 2.24) is 10.2 Å². The van der Waals surface area contributed by atoms with Gasteiger partial charge in [-0.25, -0.2) is 0 Å². The van der Waals surface area contributed by atoms with Crippen LogP contribution in [0.15, 0.2) is 30.3 Å². The molecule has 6 heteroatoms. The lowest BCUT2D eigenvalue weighted by Crippen LogP contribution is -2.55. The summed E-state index contributed by atoms with van der Waals surface area (Å²) in [6, 6.07) is 10.4. The van der Waals surface area contributed by atoms with Crippen LogP contribution >= 0.6 is 24.8 Å². The second kappa shape index (κ2) is 8.34. The first kappa shape index (κ1) is 20.2. The molecule has 3 N–H and O–H groups in total. The summed E-state index contributed by atoms with van der Waals surface area (Å²) >= 11 is 0. The molecular weight excluding hydrogens is 333 g/mol. The number of nitrogens with zero attached hydrogens (tertiary/aromatic N) is 1. The molecule has 0 bridgehead atoms. The van der Waals surface area contributed by atoms with E-state index in [-0.39, 0.29) is 36.8 Å². The second-order valence-corrected chi connectivity index (χ2v) is 6.54. The number of piperidine rings is 1. The first-order valence-corrected chi connectivity index (χ1v) is 7.98. The van der Waals surface area contributed by atoms with E-state index < -0.39 is 5.54 Å². The Morgan fingerprint density at radius 3 is 2.57 bits per heavy atom. The van der Waals surface area contributed by atoms with E-state index in [2.05, 4.69) is 10.2 Å². The van der Waals surface area contributed by atoms with Crippen LogP contribution in [0.25, 0.3) is 0 Å². The van der Waals surface area contributed by atoms with Crippen LogP contribution < -0.4 is 11.1 Å². The van der Waals surface area contributed by atoms with Crippen LogP contribution in [0.1, 0.15) is 38.2 Å². The lowest BCUT2D eigenvalue weighted by molar-refractivity contribution is -0.127. The zero-order valence-electron chi connectivity index (χ0n) is 13.5. The van der Waals surface area contributed by atoms with Gasteiger partial charge in [-0.05, 0) is 38.3 Å². The molecule has 2 saturated heterocycles. The van der Waals surface area contributed by atoms with E-state index in [9.17, 15) is 4.79 Å². The Balaban J connectivity index is 0.00000132. The molecule has 0 aromatic heterocycles. The number of hydrogen-bond donors (Lipinski definition) is 2. The van der Waals surface area contributed by atoms with Crippen molar-refractivity contribution >= 4 is 30.7 Å². The third kappa shape index (κ3) is 4.18. The first-order valence-electron chi connectivity index (χ1n) is 7.98. The summed E-state index contributed by atoms with van der Waals surface area (Å²) in [6.45, 7) is 4.07. The van der Waals surface area contributed by atoms with Gasteiger partial charge in [0, 0.05) is 18.6 Å². The molecular formula is C17H27Cl2N3O. The second-order valence-electron chi connectivity index (χ2n) is 6.54. The summed E-state index contributed by atoms with van der Waals surface area (Å²) < 4.78 is 0. The highest BCUT2D eigenvalue weighted by Gasteiger charge is 2.39. The number of amides is 1. The van der Waals surface area contributed by atoms with Crippen molar-refractivity contribution < 1.29 is 4.79 Å². The van der Waals surface area contributed by atoms with Gasteiger partial charge >= 0.3 is 0 Å². The Labute approximate surface area is 151 Å². The van der Waals surface area contributed by atoms with Crippen LogP contribution in [0.2, 0.25) is 0 Å². The van der Waals surface area contributed by atoms with Crippen LogP contribution in [-0.2, 0) is 10.3 Å². The molecule has 1 amide bonds. The fraction of sp³-hybridized carbons (Fsp3) is 0.588. The lowest BCUT2D eigenvalue weighted by atomic mass is 9.91. The van der Waals surface area contributed by atoms with Crippen LogP contribution in [0, 0.1) is 0 Å². The van der Waals surface area contributed by atoms with Crippen molar-refractivity contribution in [2.24, 2.45) is 5.73 Å². The zero-order valence-corrected chi connectivity index (χ0v) is 15.2. The SMILES string of the molecule is CC(N)(C(=O)NC1CCN2CCCCC12)c1ccccc1.Cl.Cl. The summed E-state index contributed by atoms with van der Waals surface area (Å²) in [7, 11) is 0. The standard InChI is InChI=1S/C17H25N3O.2ClH/c1-17(18,13-7-3-2-4-8-13)16(21)19-14-10-12-20-11-6-5-9-15(14)20;;/h2-4,7-8,14-15H,5-6,9-12,18H2,1H3,(H,19,21);2*1H. The van der Waals surface area contributed by atoms with Crippen LogP contribution in [-0.4, -0.2) is 36.0 Å². The highest BCUT2D eigenvalue weighted by atomic mass is 35.5. The molecule has 3 atom stereocenters. The van der Waals surface area contributed by atoms with E-state index in [1.165, 1.54) is 25.8 Å². The number of rotatable bonds is 3. The summed E-state index contributed by atoms with van der Waals surface area (Å²) in [5.74, 6) is -0.0638. The minimum Gasteiger partial charge on any atom is -0.350 e. The van der Waals surface area contributed by atoms with Gasteiger partial charge in [0.25, 0.3) is 0 Å². The normalized spacial score (nSPS) is 26.2. The summed E-state index contributed by atoms with van der Waals surface area (Å²) in [5.41, 5.74) is 6.20. The number of carbonyl (C=O) groups is 1. The number of halogens is 2. The average molecular weight is 360 g/mol. The third-order valence-corrected chi connectivity index (χ3v) is 5.02. The molecule has 3 unspecified atom stereocenters. The average Bonchev–Trinajstić information content (AvgIpc) is 2.91. The maximum atomic E-state index is 12.6. The maximum Gasteiger partial charge on any atom is 0.244 e. The van der Waals surface area contributed by atoms with Crippen molar-refractivity contribution in [2.75, 3.05) is 13.1 Å². The van der Waals surface area contributed by atoms with E-state index in [1.54, 1.807) is 6.92 Å². The van der Waals surface area contributed by atoms with Gasteiger partial charge in [-0.15, -0.1) is 24.8 Å². The molecule has 23 heavy (non-hydrogen) atoms. The Morgan fingerprint density at radius 2 is 1.87 bits per heavy atom. The van der Waals surface area contributed by atoms with Gasteiger partial charge in [0.2, 0.25) is 5.91 Å². The molecule has 2 aliphatic heterocycles. The molecule has 0 radical (unpaired) electrons. The quantitative estimate of drug-likeness (QED) is 0.871. The highest BCUT2D eigenvalue weighted by molar-refractivity contribution is 5.87. The Morgan fingerprint density at radius 1 is 1.17 bits per heavy atom. The van der Waals surface area contributed by atoms with Gasteiger partial charge in [-0.2, -0.15) is 0 Å². The van der Waals surface area contributed by atoms with Gasteiger partial charge in [-0.3, -0.25) is 9.69 Å². The van der Waals surface area contributed by atoms with Crippen LogP contribution in [0.5, 0.6) is 0 Å². The molecule has 3 rings (SSSR count). The molecule has 2 fully saturated rings. The predicted molar refractivity (Wildman–Crippen MR) is 98.2 cm³/mol. The minimum absolute atomic E-state index is 0. The van der Waals surface area contributed by atoms with E-state index >= 15 is 0 Å². The summed E-state index contributed by atoms with van der Waals surface area (Å²) in [5, 5.41) is 3.21. The smallest absolute Gasteiger partial charge is 0.244 e. The number of carbonyl (C=O) groups excluding carboxylic acids is 1. The molecule has 130 valence electrons. The zero-order chi connectivity index (χ0) is 14.9. The number of benzene rings is 1. The number of nitrogens with two attached hydrogens (primary N) is 1.